The predicted octanol–water partition coefficient (Wildman–Crippen LogP) is 3.23. The van der Waals surface area contributed by atoms with E-state index >= 15 is 0 Å². The first-order valence-corrected chi connectivity index (χ1v) is 11.7. The van der Waals surface area contributed by atoms with E-state index in [1.54, 1.807) is 11.8 Å². The van der Waals surface area contributed by atoms with E-state index in [9.17, 15) is 4.79 Å². The number of rotatable bonds is 6. The van der Waals surface area contributed by atoms with Gasteiger partial charge in [-0.2, -0.15) is 10.2 Å². The van der Waals surface area contributed by atoms with Crippen molar-refractivity contribution in [1.82, 2.24) is 24.5 Å². The summed E-state index contributed by atoms with van der Waals surface area (Å²) in [4.78, 5) is 14.4. The number of carbonyl (C=O) groups is 1. The second kappa shape index (κ2) is 8.39. The number of aromatic nitrogens is 4. The highest BCUT2D eigenvalue weighted by molar-refractivity contribution is 7.98. The summed E-state index contributed by atoms with van der Waals surface area (Å²) in [5.41, 5.74) is 5.56. The predicted molar refractivity (Wildman–Crippen MR) is 121 cm³/mol. The number of aryl methyl sites for hydroxylation is 1. The maximum Gasteiger partial charge on any atom is 0.210 e. The Labute approximate surface area is 185 Å². The normalized spacial score (nSPS) is 18.3. The fourth-order valence-electron chi connectivity index (χ4n) is 4.35. The molecule has 31 heavy (non-hydrogen) atoms. The summed E-state index contributed by atoms with van der Waals surface area (Å²) < 4.78 is 9.55. The van der Waals surface area contributed by atoms with Gasteiger partial charge in [-0.3, -0.25) is 14.2 Å². The molecule has 1 aromatic carbocycles. The van der Waals surface area contributed by atoms with Crippen LogP contribution in [-0.4, -0.2) is 56.9 Å². The molecule has 162 valence electrons. The number of nitrogens with zero attached hydrogens (tertiary/aromatic N) is 5. The Balaban J connectivity index is 1.50. The Kier molecular flexibility index (Phi) is 5.45. The number of hydrogen-bond acceptors (Lipinski definition) is 6. The molecule has 4 heterocycles. The van der Waals surface area contributed by atoms with Crippen LogP contribution in [0.5, 0.6) is 0 Å². The van der Waals surface area contributed by atoms with Crippen molar-refractivity contribution in [1.29, 1.82) is 0 Å². The molecule has 2 aromatic heterocycles. The fraction of sp³-hybridized carbons (Fsp3) is 0.409. The zero-order valence-corrected chi connectivity index (χ0v) is 18.6. The third kappa shape index (κ3) is 3.83. The van der Waals surface area contributed by atoms with E-state index in [2.05, 4.69) is 39.6 Å². The van der Waals surface area contributed by atoms with Crippen LogP contribution in [0.2, 0.25) is 0 Å². The van der Waals surface area contributed by atoms with Crippen molar-refractivity contribution in [3.8, 4) is 11.1 Å². The van der Waals surface area contributed by atoms with Crippen LogP contribution in [0.4, 0.5) is 11.5 Å². The van der Waals surface area contributed by atoms with E-state index < -0.39 is 0 Å². The van der Waals surface area contributed by atoms with Gasteiger partial charge in [0, 0.05) is 54.5 Å². The molecule has 9 heteroatoms. The lowest BCUT2D eigenvalue weighted by molar-refractivity contribution is -0.118. The molecule has 0 saturated carbocycles. The summed E-state index contributed by atoms with van der Waals surface area (Å²) in [6.07, 6.45) is 8.68. The highest BCUT2D eigenvalue weighted by Gasteiger charge is 2.29. The highest BCUT2D eigenvalue weighted by atomic mass is 32.2. The molecule has 3 aromatic rings. The van der Waals surface area contributed by atoms with Gasteiger partial charge in [0.1, 0.15) is 0 Å². The lowest BCUT2D eigenvalue weighted by atomic mass is 10.1. The van der Waals surface area contributed by atoms with Crippen LogP contribution in [0.25, 0.3) is 11.1 Å². The van der Waals surface area contributed by atoms with Crippen molar-refractivity contribution in [3.05, 3.63) is 41.9 Å². The number of carbonyl (C=O) groups excluding carboxylic acids is 1. The summed E-state index contributed by atoms with van der Waals surface area (Å²) in [7, 11) is 1.92. The van der Waals surface area contributed by atoms with Gasteiger partial charge in [0.05, 0.1) is 31.1 Å². The molecule has 1 amide bonds. The van der Waals surface area contributed by atoms with Crippen LogP contribution < -0.4 is 5.32 Å². The Hall–Kier alpha value is -2.78. The monoisotopic (exact) mass is 438 g/mol. The number of hydrogen-bond donors (Lipinski definition) is 1. The molecule has 1 saturated heterocycles. The van der Waals surface area contributed by atoms with Gasteiger partial charge in [-0.05, 0) is 30.4 Å². The molecule has 2 aliphatic heterocycles. The molecular weight excluding hydrogens is 412 g/mol. The Bertz CT molecular complexity index is 1100. The molecule has 5 rings (SSSR count). The number of ether oxygens (including phenoxy) is 1. The van der Waals surface area contributed by atoms with Crippen molar-refractivity contribution in [3.63, 3.8) is 0 Å². The van der Waals surface area contributed by atoms with E-state index in [1.807, 2.05) is 29.0 Å². The fourth-order valence-corrected chi connectivity index (χ4v) is 4.93. The van der Waals surface area contributed by atoms with E-state index in [0.717, 1.165) is 65.5 Å². The molecule has 0 spiro atoms. The minimum Gasteiger partial charge on any atom is -0.379 e. The molecule has 1 fully saturated rings. The zero-order valence-electron chi connectivity index (χ0n) is 17.7. The standard InChI is InChI=1S/C22H26N6O2S/c1-26-11-16(10-23-26)15-3-4-19(21(9-15)31-2)24-22-18-12-27(14-29)7-5-20(18)28(25-22)17-6-8-30-13-17/h3-4,9-11,14,17H,5-8,12-13H2,1-2H3,(H,24,25). The first kappa shape index (κ1) is 20.1. The minimum atomic E-state index is 0.264. The molecule has 1 atom stereocenters. The van der Waals surface area contributed by atoms with Gasteiger partial charge in [-0.15, -0.1) is 11.8 Å². The molecule has 1 N–H and O–H groups in total. The van der Waals surface area contributed by atoms with Crippen LogP contribution in [0.3, 0.4) is 0 Å². The van der Waals surface area contributed by atoms with E-state index in [4.69, 9.17) is 9.84 Å². The quantitative estimate of drug-likeness (QED) is 0.470. The smallest absolute Gasteiger partial charge is 0.210 e. The zero-order chi connectivity index (χ0) is 21.4. The maximum atomic E-state index is 11.4. The summed E-state index contributed by atoms with van der Waals surface area (Å²) >= 11 is 1.69. The van der Waals surface area contributed by atoms with Gasteiger partial charge in [0.2, 0.25) is 6.41 Å². The van der Waals surface area contributed by atoms with Crippen LogP contribution in [0.1, 0.15) is 23.7 Å². The maximum absolute atomic E-state index is 11.4. The molecule has 8 nitrogen and oxygen atoms in total. The first-order valence-electron chi connectivity index (χ1n) is 10.5. The van der Waals surface area contributed by atoms with E-state index in [1.165, 1.54) is 5.69 Å². The second-order valence-corrected chi connectivity index (χ2v) is 8.85. The number of amides is 1. The van der Waals surface area contributed by atoms with Crippen molar-refractivity contribution >= 4 is 29.7 Å². The van der Waals surface area contributed by atoms with Crippen molar-refractivity contribution < 1.29 is 9.53 Å². The van der Waals surface area contributed by atoms with Crippen LogP contribution in [0, 0.1) is 0 Å². The summed E-state index contributed by atoms with van der Waals surface area (Å²) in [5.74, 6) is 0.831. The Morgan fingerprint density at radius 3 is 2.94 bits per heavy atom. The molecule has 0 aliphatic carbocycles. The molecule has 2 aliphatic rings. The number of benzene rings is 1. The van der Waals surface area contributed by atoms with Gasteiger partial charge in [0.25, 0.3) is 0 Å². The average molecular weight is 439 g/mol. The average Bonchev–Trinajstić information content (AvgIpc) is 3.54. The molecular formula is C22H26N6O2S. The topological polar surface area (TPSA) is 77.2 Å². The van der Waals surface area contributed by atoms with Crippen molar-refractivity contribution in [2.45, 2.75) is 30.3 Å². The Morgan fingerprint density at radius 1 is 1.32 bits per heavy atom. The Morgan fingerprint density at radius 2 is 2.23 bits per heavy atom. The van der Waals surface area contributed by atoms with E-state index in [0.29, 0.717) is 13.2 Å². The second-order valence-electron chi connectivity index (χ2n) is 8.00. The lowest BCUT2D eigenvalue weighted by Crippen LogP contribution is -2.30. The van der Waals surface area contributed by atoms with Crippen LogP contribution in [-0.2, 0) is 29.5 Å². The number of anilines is 2. The third-order valence-electron chi connectivity index (χ3n) is 6.01. The van der Waals surface area contributed by atoms with Gasteiger partial charge >= 0.3 is 0 Å². The third-order valence-corrected chi connectivity index (χ3v) is 6.79. The van der Waals surface area contributed by atoms with Gasteiger partial charge in [-0.1, -0.05) is 6.07 Å². The molecule has 0 radical (unpaired) electrons. The van der Waals surface area contributed by atoms with E-state index in [-0.39, 0.29) is 6.04 Å². The number of nitrogens with one attached hydrogen (secondary N) is 1. The van der Waals surface area contributed by atoms with Gasteiger partial charge in [0.15, 0.2) is 5.82 Å². The summed E-state index contributed by atoms with van der Waals surface area (Å²) in [6, 6.07) is 6.64. The summed E-state index contributed by atoms with van der Waals surface area (Å²) in [6.45, 7) is 2.78. The van der Waals surface area contributed by atoms with Crippen molar-refractivity contribution in [2.24, 2.45) is 7.05 Å². The minimum absolute atomic E-state index is 0.264. The molecule has 0 bridgehead atoms. The summed E-state index contributed by atoms with van der Waals surface area (Å²) in [5, 5.41) is 12.8. The van der Waals surface area contributed by atoms with Gasteiger partial charge < -0.3 is 15.0 Å². The van der Waals surface area contributed by atoms with Crippen LogP contribution >= 0.6 is 11.8 Å². The highest BCUT2D eigenvalue weighted by Crippen LogP contribution is 2.36. The largest absolute Gasteiger partial charge is 0.379 e. The van der Waals surface area contributed by atoms with Gasteiger partial charge in [-0.25, -0.2) is 0 Å². The van der Waals surface area contributed by atoms with Crippen LogP contribution in [0.15, 0.2) is 35.5 Å². The number of fused-ring (bicyclic) bond motifs is 1. The first-order chi connectivity index (χ1) is 15.2. The lowest BCUT2D eigenvalue weighted by Gasteiger charge is -2.25. The number of thioether (sulfide) groups is 1. The van der Waals surface area contributed by atoms with Crippen molar-refractivity contribution in [2.75, 3.05) is 31.3 Å². The SMILES string of the molecule is CSc1cc(-c2cnn(C)c2)ccc1Nc1nn(C2CCOC2)c2c1CN(C=O)CC2. The molecule has 1 unspecified atom stereocenters.